The first kappa shape index (κ1) is 19.5. The van der Waals surface area contributed by atoms with Crippen molar-refractivity contribution in [3.63, 3.8) is 0 Å². The standard InChI is InChI=1S/C11H20N2O3.ClH.H2O/c1-11(2,3)16-10(15)13-6-4-12(5-7-13)8-9-14;;/h9H,4-8H2,1-3H3;1H;1H2. The van der Waals surface area contributed by atoms with E-state index >= 15 is 0 Å². The van der Waals surface area contributed by atoms with Gasteiger partial charge in [0.15, 0.2) is 0 Å². The molecule has 1 aliphatic rings. The van der Waals surface area contributed by atoms with Gasteiger partial charge in [-0.2, -0.15) is 0 Å². The number of nitrogens with zero attached hydrogens (tertiary/aromatic N) is 2. The van der Waals surface area contributed by atoms with Crippen molar-refractivity contribution in [2.75, 3.05) is 32.7 Å². The van der Waals surface area contributed by atoms with Crippen LogP contribution in [0, 0.1) is 0 Å². The van der Waals surface area contributed by atoms with E-state index in [4.69, 9.17) is 4.74 Å². The summed E-state index contributed by atoms with van der Waals surface area (Å²) >= 11 is 0. The minimum Gasteiger partial charge on any atom is -0.444 e. The van der Waals surface area contributed by atoms with Gasteiger partial charge in [-0.05, 0) is 20.8 Å². The summed E-state index contributed by atoms with van der Waals surface area (Å²) in [4.78, 5) is 25.7. The third-order valence-electron chi connectivity index (χ3n) is 2.36. The van der Waals surface area contributed by atoms with Crippen LogP contribution in [-0.2, 0) is 9.53 Å². The number of rotatable bonds is 2. The van der Waals surface area contributed by atoms with Crippen molar-refractivity contribution in [3.05, 3.63) is 0 Å². The second-order valence-corrected chi connectivity index (χ2v) is 4.93. The van der Waals surface area contributed by atoms with Gasteiger partial charge in [-0.15, -0.1) is 12.4 Å². The Labute approximate surface area is 114 Å². The Morgan fingerprint density at radius 2 is 1.72 bits per heavy atom. The molecule has 0 unspecified atom stereocenters. The summed E-state index contributed by atoms with van der Waals surface area (Å²) < 4.78 is 5.27. The van der Waals surface area contributed by atoms with Gasteiger partial charge in [0, 0.05) is 26.2 Å². The molecule has 0 atom stereocenters. The lowest BCUT2D eigenvalue weighted by molar-refractivity contribution is -0.109. The summed E-state index contributed by atoms with van der Waals surface area (Å²) in [5.41, 5.74) is -0.447. The van der Waals surface area contributed by atoms with E-state index in [9.17, 15) is 9.59 Å². The molecule has 6 nitrogen and oxygen atoms in total. The molecule has 7 heteroatoms. The maximum absolute atomic E-state index is 11.7. The Hall–Kier alpha value is -0.850. The Morgan fingerprint density at radius 1 is 1.22 bits per heavy atom. The zero-order chi connectivity index (χ0) is 12.2. The predicted molar refractivity (Wildman–Crippen MR) is 71.2 cm³/mol. The average molecular weight is 283 g/mol. The fourth-order valence-corrected chi connectivity index (χ4v) is 1.54. The van der Waals surface area contributed by atoms with Gasteiger partial charge in [-0.3, -0.25) is 4.90 Å². The van der Waals surface area contributed by atoms with E-state index < -0.39 is 5.60 Å². The number of hydrogen-bond donors (Lipinski definition) is 0. The Balaban J connectivity index is 0. The fourth-order valence-electron chi connectivity index (χ4n) is 1.54. The van der Waals surface area contributed by atoms with Gasteiger partial charge < -0.3 is 19.9 Å². The van der Waals surface area contributed by atoms with Crippen molar-refractivity contribution >= 4 is 24.8 Å². The highest BCUT2D eigenvalue weighted by Crippen LogP contribution is 2.11. The van der Waals surface area contributed by atoms with E-state index in [1.165, 1.54) is 0 Å². The lowest BCUT2D eigenvalue weighted by Gasteiger charge is -2.34. The van der Waals surface area contributed by atoms with Crippen molar-refractivity contribution < 1.29 is 19.8 Å². The predicted octanol–water partition coefficient (Wildman–Crippen LogP) is 0.335. The summed E-state index contributed by atoms with van der Waals surface area (Å²) in [5, 5.41) is 0. The number of halogens is 1. The highest BCUT2D eigenvalue weighted by Gasteiger charge is 2.25. The lowest BCUT2D eigenvalue weighted by atomic mass is 10.2. The molecule has 0 spiro atoms. The van der Waals surface area contributed by atoms with Crippen molar-refractivity contribution in [1.82, 2.24) is 9.80 Å². The van der Waals surface area contributed by atoms with E-state index in [0.717, 1.165) is 19.4 Å². The molecule has 0 aromatic heterocycles. The van der Waals surface area contributed by atoms with E-state index in [-0.39, 0.29) is 24.0 Å². The molecule has 0 saturated carbocycles. The first-order valence-electron chi connectivity index (χ1n) is 5.56. The second kappa shape index (κ2) is 8.29. The van der Waals surface area contributed by atoms with Crippen LogP contribution in [-0.4, -0.2) is 66.0 Å². The minimum atomic E-state index is -0.447. The summed E-state index contributed by atoms with van der Waals surface area (Å²) in [6.07, 6.45) is 0.626. The molecule has 2 N–H and O–H groups in total. The molecule has 0 radical (unpaired) electrons. The topological polar surface area (TPSA) is 81.3 Å². The van der Waals surface area contributed by atoms with Crippen LogP contribution in [0.1, 0.15) is 20.8 Å². The van der Waals surface area contributed by atoms with Crippen LogP contribution in [0.2, 0.25) is 0 Å². The van der Waals surface area contributed by atoms with Gasteiger partial charge in [0.05, 0.1) is 6.54 Å². The highest BCUT2D eigenvalue weighted by atomic mass is 35.5. The molecule has 1 aliphatic heterocycles. The molecule has 1 heterocycles. The molecule has 0 aromatic rings. The number of aldehydes is 1. The van der Waals surface area contributed by atoms with E-state index in [0.29, 0.717) is 19.6 Å². The molecule has 1 amide bonds. The van der Waals surface area contributed by atoms with Crippen LogP contribution in [0.4, 0.5) is 4.79 Å². The van der Waals surface area contributed by atoms with Crippen LogP contribution >= 0.6 is 12.4 Å². The molecular formula is C11H23ClN2O4. The van der Waals surface area contributed by atoms with Gasteiger partial charge in [0.25, 0.3) is 0 Å². The van der Waals surface area contributed by atoms with Gasteiger partial charge >= 0.3 is 6.09 Å². The number of amides is 1. The molecule has 108 valence electrons. The summed E-state index contributed by atoms with van der Waals surface area (Å²) in [6, 6.07) is 0. The van der Waals surface area contributed by atoms with Crippen LogP contribution < -0.4 is 0 Å². The molecule has 1 rings (SSSR count). The van der Waals surface area contributed by atoms with Crippen LogP contribution in [0.25, 0.3) is 0 Å². The number of hydrogen-bond acceptors (Lipinski definition) is 4. The van der Waals surface area contributed by atoms with Crippen LogP contribution in [0.5, 0.6) is 0 Å². The quantitative estimate of drug-likeness (QED) is 0.684. The first-order chi connectivity index (χ1) is 7.42. The molecule has 18 heavy (non-hydrogen) atoms. The van der Waals surface area contributed by atoms with E-state index in [1.54, 1.807) is 4.90 Å². The number of piperazine rings is 1. The normalized spacial score (nSPS) is 16.3. The zero-order valence-electron chi connectivity index (χ0n) is 11.1. The number of carbonyl (C=O) groups is 2. The number of ether oxygens (including phenoxy) is 1. The molecule has 0 aliphatic carbocycles. The Bertz CT molecular complexity index is 260. The smallest absolute Gasteiger partial charge is 0.410 e. The molecule has 1 saturated heterocycles. The first-order valence-corrected chi connectivity index (χ1v) is 5.56. The Kier molecular flexibility index (Phi) is 8.97. The van der Waals surface area contributed by atoms with Crippen LogP contribution in [0.15, 0.2) is 0 Å². The van der Waals surface area contributed by atoms with Gasteiger partial charge in [-0.1, -0.05) is 0 Å². The third kappa shape index (κ3) is 6.78. The summed E-state index contributed by atoms with van der Waals surface area (Å²) in [5.74, 6) is 0. The van der Waals surface area contributed by atoms with Crippen LogP contribution in [0.3, 0.4) is 0 Å². The number of carbonyl (C=O) groups excluding carboxylic acids is 2. The fraction of sp³-hybridized carbons (Fsp3) is 0.818. The monoisotopic (exact) mass is 282 g/mol. The van der Waals surface area contributed by atoms with Crippen molar-refractivity contribution in [1.29, 1.82) is 0 Å². The third-order valence-corrected chi connectivity index (χ3v) is 2.36. The van der Waals surface area contributed by atoms with Crippen molar-refractivity contribution in [2.24, 2.45) is 0 Å². The lowest BCUT2D eigenvalue weighted by Crippen LogP contribution is -2.50. The highest BCUT2D eigenvalue weighted by molar-refractivity contribution is 5.85. The van der Waals surface area contributed by atoms with E-state index in [1.807, 2.05) is 25.7 Å². The average Bonchev–Trinajstić information content (AvgIpc) is 2.16. The second-order valence-electron chi connectivity index (χ2n) is 4.93. The van der Waals surface area contributed by atoms with Gasteiger partial charge in [0.1, 0.15) is 11.9 Å². The summed E-state index contributed by atoms with van der Waals surface area (Å²) in [7, 11) is 0. The molecule has 0 aromatic carbocycles. The molecule has 0 bridgehead atoms. The maximum atomic E-state index is 11.7. The van der Waals surface area contributed by atoms with Gasteiger partial charge in [0.2, 0.25) is 0 Å². The zero-order valence-corrected chi connectivity index (χ0v) is 12.0. The van der Waals surface area contributed by atoms with E-state index in [2.05, 4.69) is 0 Å². The van der Waals surface area contributed by atoms with Crippen molar-refractivity contribution in [2.45, 2.75) is 26.4 Å². The minimum absolute atomic E-state index is 0. The largest absolute Gasteiger partial charge is 0.444 e. The summed E-state index contributed by atoms with van der Waals surface area (Å²) in [6.45, 7) is 8.73. The molecular weight excluding hydrogens is 260 g/mol. The molecule has 1 fully saturated rings. The Morgan fingerprint density at radius 3 is 2.11 bits per heavy atom. The van der Waals surface area contributed by atoms with Gasteiger partial charge in [-0.25, -0.2) is 4.79 Å². The SMILES string of the molecule is CC(C)(C)OC(=O)N1CCN(CC=O)CC1.Cl.O. The maximum Gasteiger partial charge on any atom is 0.410 e. The van der Waals surface area contributed by atoms with Crippen molar-refractivity contribution in [3.8, 4) is 0 Å².